The van der Waals surface area contributed by atoms with E-state index < -0.39 is 0 Å². The Hall–Kier alpha value is -1.03. The Kier molecular flexibility index (Phi) is 3.40. The van der Waals surface area contributed by atoms with Gasteiger partial charge in [-0.2, -0.15) is 0 Å². The Morgan fingerprint density at radius 3 is 3.36 bits per heavy atom. The predicted octanol–water partition coefficient (Wildman–Crippen LogP) is 1.58. The van der Waals surface area contributed by atoms with Gasteiger partial charge in [0.25, 0.3) is 0 Å². The zero-order valence-electron chi connectivity index (χ0n) is 8.12. The number of aliphatic imine (C=N–C) groups is 1. The van der Waals surface area contributed by atoms with E-state index in [1.165, 1.54) is 17.7 Å². The molecule has 76 valence electrons. The van der Waals surface area contributed by atoms with Gasteiger partial charge in [0.1, 0.15) is 0 Å². The molecule has 0 fully saturated rings. The lowest BCUT2D eigenvalue weighted by Gasteiger charge is -2.08. The van der Waals surface area contributed by atoms with Crippen molar-refractivity contribution in [3.63, 3.8) is 0 Å². The molecule has 1 aliphatic heterocycles. The highest BCUT2D eigenvalue weighted by atomic mass is 32.1. The van der Waals surface area contributed by atoms with Crippen molar-refractivity contribution < 1.29 is 0 Å². The average Bonchev–Trinajstić information content (AvgIpc) is 2.58. The molecule has 1 aliphatic rings. The quantitative estimate of drug-likeness (QED) is 0.776. The Balaban J connectivity index is 1.82. The molecule has 0 radical (unpaired) electrons. The summed E-state index contributed by atoms with van der Waals surface area (Å²) in [5.74, 6) is 0.955. The van der Waals surface area contributed by atoms with Gasteiger partial charge in [0.05, 0.1) is 6.54 Å². The molecule has 2 heterocycles. The summed E-state index contributed by atoms with van der Waals surface area (Å²) in [6.45, 7) is 2.86. The lowest BCUT2D eigenvalue weighted by atomic mass is 10.3. The molecule has 0 bridgehead atoms. The van der Waals surface area contributed by atoms with Gasteiger partial charge in [-0.3, -0.25) is 4.99 Å². The third kappa shape index (κ3) is 2.73. The second-order valence-electron chi connectivity index (χ2n) is 3.30. The highest BCUT2D eigenvalue weighted by Crippen LogP contribution is 2.07. The number of rotatable bonds is 2. The van der Waals surface area contributed by atoms with Crippen LogP contribution < -0.4 is 10.6 Å². The van der Waals surface area contributed by atoms with Crippen LogP contribution in [-0.4, -0.2) is 19.0 Å². The van der Waals surface area contributed by atoms with E-state index in [0.717, 1.165) is 25.6 Å². The van der Waals surface area contributed by atoms with Gasteiger partial charge in [-0.1, -0.05) is 6.07 Å². The number of guanidine groups is 1. The molecule has 0 spiro atoms. The lowest BCUT2D eigenvalue weighted by Crippen LogP contribution is -2.36. The maximum absolute atomic E-state index is 4.42. The van der Waals surface area contributed by atoms with Crippen molar-refractivity contribution >= 4 is 17.3 Å². The van der Waals surface area contributed by atoms with E-state index >= 15 is 0 Å². The normalized spacial score (nSPS) is 16.7. The van der Waals surface area contributed by atoms with Gasteiger partial charge in [0.15, 0.2) is 5.96 Å². The fraction of sp³-hybridized carbons (Fsp3) is 0.500. The molecule has 2 N–H and O–H groups in total. The minimum Gasteiger partial charge on any atom is -0.356 e. The summed E-state index contributed by atoms with van der Waals surface area (Å²) in [6, 6.07) is 4.21. The maximum Gasteiger partial charge on any atom is 0.191 e. The van der Waals surface area contributed by atoms with Crippen molar-refractivity contribution in [2.24, 2.45) is 4.99 Å². The van der Waals surface area contributed by atoms with Crippen LogP contribution >= 0.6 is 11.3 Å². The Labute approximate surface area is 88.3 Å². The summed E-state index contributed by atoms with van der Waals surface area (Å²) >= 11 is 1.77. The third-order valence-electron chi connectivity index (χ3n) is 2.16. The minimum atomic E-state index is 0.878. The zero-order valence-corrected chi connectivity index (χ0v) is 8.94. The first-order valence-electron chi connectivity index (χ1n) is 5.00. The molecule has 0 saturated heterocycles. The molecule has 0 aliphatic carbocycles. The first-order valence-corrected chi connectivity index (χ1v) is 5.88. The smallest absolute Gasteiger partial charge is 0.191 e. The van der Waals surface area contributed by atoms with Crippen molar-refractivity contribution in [3.05, 3.63) is 22.4 Å². The summed E-state index contributed by atoms with van der Waals surface area (Å²) < 4.78 is 0. The van der Waals surface area contributed by atoms with Gasteiger partial charge in [-0.15, -0.1) is 11.3 Å². The highest BCUT2D eigenvalue weighted by molar-refractivity contribution is 7.09. The zero-order chi connectivity index (χ0) is 9.64. The molecule has 0 saturated carbocycles. The molecule has 0 unspecified atom stereocenters. The van der Waals surface area contributed by atoms with E-state index in [1.807, 2.05) is 0 Å². The molecular weight excluding hydrogens is 194 g/mol. The minimum absolute atomic E-state index is 0.878. The second kappa shape index (κ2) is 5.00. The first kappa shape index (κ1) is 9.52. The summed E-state index contributed by atoms with van der Waals surface area (Å²) in [5.41, 5.74) is 0. The monoisotopic (exact) mass is 209 g/mol. The molecule has 0 atom stereocenters. The van der Waals surface area contributed by atoms with E-state index in [0.29, 0.717) is 0 Å². The van der Waals surface area contributed by atoms with Crippen LogP contribution in [0.1, 0.15) is 17.7 Å². The fourth-order valence-electron chi connectivity index (χ4n) is 1.39. The van der Waals surface area contributed by atoms with Crippen LogP contribution in [0.25, 0.3) is 0 Å². The lowest BCUT2D eigenvalue weighted by molar-refractivity contribution is 0.743. The number of hydrogen-bond donors (Lipinski definition) is 2. The topological polar surface area (TPSA) is 36.4 Å². The summed E-state index contributed by atoms with van der Waals surface area (Å²) in [4.78, 5) is 5.77. The first-order chi connectivity index (χ1) is 6.95. The van der Waals surface area contributed by atoms with E-state index in [2.05, 4.69) is 33.1 Å². The van der Waals surface area contributed by atoms with E-state index in [1.54, 1.807) is 11.3 Å². The van der Waals surface area contributed by atoms with Crippen molar-refractivity contribution in [1.29, 1.82) is 0 Å². The summed E-state index contributed by atoms with van der Waals surface area (Å²) in [5, 5.41) is 8.70. The van der Waals surface area contributed by atoms with Crippen LogP contribution in [0.15, 0.2) is 22.5 Å². The Morgan fingerprint density at radius 2 is 2.50 bits per heavy atom. The fourth-order valence-corrected chi connectivity index (χ4v) is 2.04. The third-order valence-corrected chi connectivity index (χ3v) is 3.03. The number of hydrogen-bond acceptors (Lipinski definition) is 4. The van der Waals surface area contributed by atoms with Crippen molar-refractivity contribution in [2.45, 2.75) is 19.4 Å². The predicted molar refractivity (Wildman–Crippen MR) is 60.7 cm³/mol. The SMILES string of the molecule is c1csc(CNC2=NCCCCN2)c1. The van der Waals surface area contributed by atoms with Crippen LogP contribution in [0.3, 0.4) is 0 Å². The molecule has 14 heavy (non-hydrogen) atoms. The molecule has 1 aromatic rings. The van der Waals surface area contributed by atoms with Crippen LogP contribution in [0.2, 0.25) is 0 Å². The van der Waals surface area contributed by atoms with Crippen molar-refractivity contribution in [3.8, 4) is 0 Å². The molecule has 4 heteroatoms. The van der Waals surface area contributed by atoms with E-state index in [9.17, 15) is 0 Å². The molecular formula is C10H15N3S. The van der Waals surface area contributed by atoms with Crippen LogP contribution in [0.4, 0.5) is 0 Å². The van der Waals surface area contributed by atoms with Crippen LogP contribution in [0.5, 0.6) is 0 Å². The maximum atomic E-state index is 4.42. The summed E-state index contributed by atoms with van der Waals surface area (Å²) in [6.07, 6.45) is 2.41. The van der Waals surface area contributed by atoms with Gasteiger partial charge in [-0.05, 0) is 24.3 Å². The molecule has 3 nitrogen and oxygen atoms in total. The Morgan fingerprint density at radius 1 is 1.50 bits per heavy atom. The van der Waals surface area contributed by atoms with Crippen molar-refractivity contribution in [2.75, 3.05) is 13.1 Å². The molecule has 1 aromatic heterocycles. The van der Waals surface area contributed by atoms with Gasteiger partial charge in [0.2, 0.25) is 0 Å². The largest absolute Gasteiger partial charge is 0.356 e. The number of thiophene rings is 1. The van der Waals surface area contributed by atoms with Crippen molar-refractivity contribution in [1.82, 2.24) is 10.6 Å². The number of nitrogens with one attached hydrogen (secondary N) is 2. The van der Waals surface area contributed by atoms with Crippen LogP contribution in [-0.2, 0) is 6.54 Å². The van der Waals surface area contributed by atoms with Gasteiger partial charge in [-0.25, -0.2) is 0 Å². The van der Waals surface area contributed by atoms with E-state index in [-0.39, 0.29) is 0 Å². The summed E-state index contributed by atoms with van der Waals surface area (Å²) in [7, 11) is 0. The van der Waals surface area contributed by atoms with Gasteiger partial charge >= 0.3 is 0 Å². The molecule has 0 aromatic carbocycles. The van der Waals surface area contributed by atoms with Gasteiger partial charge < -0.3 is 10.6 Å². The average molecular weight is 209 g/mol. The molecule has 0 amide bonds. The Bertz CT molecular complexity index is 292. The molecule has 2 rings (SSSR count). The van der Waals surface area contributed by atoms with Crippen LogP contribution in [0, 0.1) is 0 Å². The van der Waals surface area contributed by atoms with Gasteiger partial charge in [0, 0.05) is 18.0 Å². The van der Waals surface area contributed by atoms with E-state index in [4.69, 9.17) is 0 Å². The highest BCUT2D eigenvalue weighted by Gasteiger charge is 2.02. The second-order valence-corrected chi connectivity index (χ2v) is 4.33. The standard InChI is InChI=1S/C10H15N3S/c1-2-6-12-10(11-5-1)13-8-9-4-3-7-14-9/h3-4,7H,1-2,5-6,8H2,(H2,11,12,13). The number of nitrogens with zero attached hydrogens (tertiary/aromatic N) is 1.